The van der Waals surface area contributed by atoms with Gasteiger partial charge in [-0.3, -0.25) is 4.79 Å². The lowest BCUT2D eigenvalue weighted by atomic mass is 10.1. The third kappa shape index (κ3) is 2.29. The van der Waals surface area contributed by atoms with E-state index in [9.17, 15) is 4.79 Å². The first-order valence-electron chi connectivity index (χ1n) is 5.39. The molecule has 0 fully saturated rings. The molecule has 0 saturated carbocycles. The van der Waals surface area contributed by atoms with Gasteiger partial charge < -0.3 is 4.90 Å². The van der Waals surface area contributed by atoms with E-state index in [-0.39, 0.29) is 5.91 Å². The fraction of sp³-hybridized carbons (Fsp3) is 0.308. The van der Waals surface area contributed by atoms with Gasteiger partial charge in [0.1, 0.15) is 0 Å². The molecule has 0 spiro atoms. The first kappa shape index (κ1) is 11.6. The molecule has 1 amide bonds. The number of halogens is 1. The predicted octanol–water partition coefficient (Wildman–Crippen LogP) is 3.00. The second-order valence-corrected chi connectivity index (χ2v) is 5.03. The van der Waals surface area contributed by atoms with Gasteiger partial charge in [0, 0.05) is 16.7 Å². The highest BCUT2D eigenvalue weighted by atomic mass is 127. The lowest BCUT2D eigenvalue weighted by Crippen LogP contribution is -2.34. The Hall–Kier alpha value is -0.840. The smallest absolute Gasteiger partial charge is 0.255 e. The average molecular weight is 327 g/mol. The summed E-state index contributed by atoms with van der Waals surface area (Å²) in [5, 5.41) is 0. The standard InChI is InChI=1S/C13H14INO/c1-10-6-5-7-11(12(10)14)13(16)15-8-3-2-4-9-15/h2-3,5-7H,4,8-9H2,1H3. The van der Waals surface area contributed by atoms with E-state index in [1.54, 1.807) is 0 Å². The van der Waals surface area contributed by atoms with Crippen LogP contribution in [0.1, 0.15) is 22.3 Å². The largest absolute Gasteiger partial charge is 0.335 e. The van der Waals surface area contributed by atoms with E-state index in [0.29, 0.717) is 0 Å². The Morgan fingerprint density at radius 2 is 2.19 bits per heavy atom. The van der Waals surface area contributed by atoms with Gasteiger partial charge in [0.15, 0.2) is 0 Å². The van der Waals surface area contributed by atoms with E-state index in [4.69, 9.17) is 0 Å². The molecule has 0 aromatic heterocycles. The van der Waals surface area contributed by atoms with Gasteiger partial charge in [-0.25, -0.2) is 0 Å². The van der Waals surface area contributed by atoms with Gasteiger partial charge in [0.25, 0.3) is 5.91 Å². The topological polar surface area (TPSA) is 20.3 Å². The molecule has 0 unspecified atom stereocenters. The number of rotatable bonds is 1. The van der Waals surface area contributed by atoms with Crippen molar-refractivity contribution < 1.29 is 4.79 Å². The van der Waals surface area contributed by atoms with Gasteiger partial charge in [-0.05, 0) is 47.6 Å². The van der Waals surface area contributed by atoms with E-state index in [2.05, 4.69) is 34.7 Å². The summed E-state index contributed by atoms with van der Waals surface area (Å²) in [5.74, 6) is 0.150. The van der Waals surface area contributed by atoms with Crippen LogP contribution in [0.4, 0.5) is 0 Å². The van der Waals surface area contributed by atoms with Crippen molar-refractivity contribution in [2.45, 2.75) is 13.3 Å². The second kappa shape index (κ2) is 4.99. The van der Waals surface area contributed by atoms with Crippen molar-refractivity contribution in [2.75, 3.05) is 13.1 Å². The zero-order valence-corrected chi connectivity index (χ0v) is 11.4. The number of carbonyl (C=O) groups is 1. The zero-order valence-electron chi connectivity index (χ0n) is 9.24. The Morgan fingerprint density at radius 1 is 1.38 bits per heavy atom. The van der Waals surface area contributed by atoms with Crippen LogP contribution in [-0.2, 0) is 0 Å². The van der Waals surface area contributed by atoms with E-state index in [1.807, 2.05) is 30.0 Å². The fourth-order valence-electron chi connectivity index (χ4n) is 1.81. The molecular formula is C13H14INO. The van der Waals surface area contributed by atoms with E-state index >= 15 is 0 Å². The molecule has 0 saturated heterocycles. The Kier molecular flexibility index (Phi) is 3.63. The minimum Gasteiger partial charge on any atom is -0.335 e. The van der Waals surface area contributed by atoms with Gasteiger partial charge in [0.2, 0.25) is 0 Å². The molecule has 2 rings (SSSR count). The van der Waals surface area contributed by atoms with Crippen LogP contribution in [-0.4, -0.2) is 23.9 Å². The summed E-state index contributed by atoms with van der Waals surface area (Å²) in [6.07, 6.45) is 5.16. The van der Waals surface area contributed by atoms with Crippen molar-refractivity contribution in [2.24, 2.45) is 0 Å². The quantitative estimate of drug-likeness (QED) is 0.574. The summed E-state index contributed by atoms with van der Waals surface area (Å²) in [5.41, 5.74) is 2.00. The zero-order chi connectivity index (χ0) is 11.5. The van der Waals surface area contributed by atoms with E-state index < -0.39 is 0 Å². The maximum Gasteiger partial charge on any atom is 0.255 e. The summed E-state index contributed by atoms with van der Waals surface area (Å²) >= 11 is 2.25. The SMILES string of the molecule is Cc1cccc(C(=O)N2CC=CCC2)c1I. The van der Waals surface area contributed by atoms with Gasteiger partial charge in [0.05, 0.1) is 5.56 Å². The maximum atomic E-state index is 12.3. The molecule has 1 heterocycles. The molecule has 0 radical (unpaired) electrons. The summed E-state index contributed by atoms with van der Waals surface area (Å²) in [6.45, 7) is 3.61. The molecular weight excluding hydrogens is 313 g/mol. The molecule has 0 atom stereocenters. The Balaban J connectivity index is 2.26. The van der Waals surface area contributed by atoms with Crippen LogP contribution in [0.2, 0.25) is 0 Å². The summed E-state index contributed by atoms with van der Waals surface area (Å²) in [6, 6.07) is 5.90. The molecule has 84 valence electrons. The van der Waals surface area contributed by atoms with Crippen molar-refractivity contribution in [3.8, 4) is 0 Å². The van der Waals surface area contributed by atoms with Gasteiger partial charge >= 0.3 is 0 Å². The summed E-state index contributed by atoms with van der Waals surface area (Å²) in [4.78, 5) is 14.2. The molecule has 16 heavy (non-hydrogen) atoms. The van der Waals surface area contributed by atoms with Crippen molar-refractivity contribution in [3.63, 3.8) is 0 Å². The van der Waals surface area contributed by atoms with Gasteiger partial charge in [-0.2, -0.15) is 0 Å². The van der Waals surface area contributed by atoms with Crippen molar-refractivity contribution in [3.05, 3.63) is 45.0 Å². The lowest BCUT2D eigenvalue weighted by molar-refractivity contribution is 0.0770. The highest BCUT2D eigenvalue weighted by Crippen LogP contribution is 2.19. The molecule has 1 aromatic carbocycles. The number of aryl methyl sites for hydroxylation is 1. The lowest BCUT2D eigenvalue weighted by Gasteiger charge is -2.24. The summed E-state index contributed by atoms with van der Waals surface area (Å²) < 4.78 is 1.07. The number of nitrogens with zero attached hydrogens (tertiary/aromatic N) is 1. The normalized spacial score (nSPS) is 15.2. The number of amides is 1. The Morgan fingerprint density at radius 3 is 2.88 bits per heavy atom. The number of benzene rings is 1. The first-order valence-corrected chi connectivity index (χ1v) is 6.47. The Labute approximate surface area is 109 Å². The molecule has 1 aromatic rings. The Bertz CT molecular complexity index is 440. The predicted molar refractivity (Wildman–Crippen MR) is 73.6 cm³/mol. The molecule has 3 heteroatoms. The van der Waals surface area contributed by atoms with Crippen LogP contribution in [0.5, 0.6) is 0 Å². The van der Waals surface area contributed by atoms with Gasteiger partial charge in [-0.1, -0.05) is 24.3 Å². The molecule has 0 N–H and O–H groups in total. The summed E-state index contributed by atoms with van der Waals surface area (Å²) in [7, 11) is 0. The fourth-order valence-corrected chi connectivity index (χ4v) is 2.40. The first-order chi connectivity index (χ1) is 7.70. The third-order valence-electron chi connectivity index (χ3n) is 2.77. The minimum atomic E-state index is 0.150. The average Bonchev–Trinajstić information content (AvgIpc) is 2.33. The van der Waals surface area contributed by atoms with Crippen molar-refractivity contribution in [1.82, 2.24) is 4.90 Å². The van der Waals surface area contributed by atoms with Crippen LogP contribution in [0.3, 0.4) is 0 Å². The molecule has 1 aliphatic heterocycles. The minimum absolute atomic E-state index is 0.150. The molecule has 1 aliphatic rings. The van der Waals surface area contributed by atoms with E-state index in [1.165, 1.54) is 5.56 Å². The third-order valence-corrected chi connectivity index (χ3v) is 4.20. The van der Waals surface area contributed by atoms with Crippen LogP contribution in [0.25, 0.3) is 0 Å². The second-order valence-electron chi connectivity index (χ2n) is 3.95. The van der Waals surface area contributed by atoms with Crippen LogP contribution < -0.4 is 0 Å². The van der Waals surface area contributed by atoms with E-state index in [0.717, 1.165) is 28.6 Å². The highest BCUT2D eigenvalue weighted by Gasteiger charge is 2.18. The van der Waals surface area contributed by atoms with Crippen molar-refractivity contribution in [1.29, 1.82) is 0 Å². The monoisotopic (exact) mass is 327 g/mol. The molecule has 0 aliphatic carbocycles. The highest BCUT2D eigenvalue weighted by molar-refractivity contribution is 14.1. The molecule has 2 nitrogen and oxygen atoms in total. The number of hydrogen-bond donors (Lipinski definition) is 0. The molecule has 0 bridgehead atoms. The van der Waals surface area contributed by atoms with Crippen LogP contribution in [0.15, 0.2) is 30.4 Å². The maximum absolute atomic E-state index is 12.3. The van der Waals surface area contributed by atoms with Crippen molar-refractivity contribution >= 4 is 28.5 Å². The van der Waals surface area contributed by atoms with Crippen LogP contribution >= 0.6 is 22.6 Å². The number of hydrogen-bond acceptors (Lipinski definition) is 1. The number of carbonyl (C=O) groups excluding carboxylic acids is 1. The van der Waals surface area contributed by atoms with Crippen LogP contribution in [0, 0.1) is 10.5 Å². The van der Waals surface area contributed by atoms with Gasteiger partial charge in [-0.15, -0.1) is 0 Å².